The molecule has 2 rings (SSSR count). The molecule has 0 saturated carbocycles. The van der Waals surface area contributed by atoms with E-state index in [-0.39, 0.29) is 0 Å². The van der Waals surface area contributed by atoms with Crippen molar-refractivity contribution >= 4 is 5.96 Å². The van der Waals surface area contributed by atoms with Crippen molar-refractivity contribution in [2.75, 3.05) is 53.0 Å². The number of nitrogens with zero attached hydrogens (tertiary/aromatic N) is 2. The maximum Gasteiger partial charge on any atom is 0.191 e. The summed E-state index contributed by atoms with van der Waals surface area (Å²) in [4.78, 5) is 7.30. The number of guanidine groups is 1. The molecule has 0 atom stereocenters. The number of likely N-dealkylation sites (tertiary alicyclic amines) is 1. The monoisotopic (exact) mass is 390 g/mol. The average molecular weight is 391 g/mol. The lowest BCUT2D eigenvalue weighted by Crippen LogP contribution is -2.39. The summed E-state index contributed by atoms with van der Waals surface area (Å²) in [6, 6.07) is 8.09. The van der Waals surface area contributed by atoms with Gasteiger partial charge >= 0.3 is 0 Å². The lowest BCUT2D eigenvalue weighted by atomic mass is 9.99. The number of aliphatic imine (C=N–C) groups is 1. The lowest BCUT2D eigenvalue weighted by molar-refractivity contribution is 0.146. The SMILES string of the molecule is CCNC(=NCc1cccc(OCCOC)c1)NCCCN1CCC(C)CC1. The van der Waals surface area contributed by atoms with Gasteiger partial charge in [0.05, 0.1) is 13.2 Å². The summed E-state index contributed by atoms with van der Waals surface area (Å²) in [7, 11) is 1.68. The standard InChI is InChI=1S/C22H38N4O2/c1-4-23-22(24-11-6-12-26-13-9-19(2)10-14-26)25-18-20-7-5-8-21(17-20)28-16-15-27-3/h5,7-8,17,19H,4,6,9-16,18H2,1-3H3,(H2,23,24,25). The van der Waals surface area contributed by atoms with E-state index in [0.29, 0.717) is 19.8 Å². The Bertz CT molecular complexity index is 571. The highest BCUT2D eigenvalue weighted by Gasteiger charge is 2.14. The summed E-state index contributed by atoms with van der Waals surface area (Å²) < 4.78 is 10.7. The van der Waals surface area contributed by atoms with Crippen LogP contribution in [-0.2, 0) is 11.3 Å². The fourth-order valence-corrected chi connectivity index (χ4v) is 3.28. The Kier molecular flexibility index (Phi) is 10.8. The number of piperidine rings is 1. The van der Waals surface area contributed by atoms with Gasteiger partial charge < -0.3 is 25.0 Å². The minimum absolute atomic E-state index is 0.559. The molecule has 1 saturated heterocycles. The van der Waals surface area contributed by atoms with Crippen LogP contribution in [0.5, 0.6) is 5.75 Å². The van der Waals surface area contributed by atoms with Crippen LogP contribution in [0.1, 0.15) is 38.7 Å². The first kappa shape index (κ1) is 22.5. The van der Waals surface area contributed by atoms with Gasteiger partial charge in [0.15, 0.2) is 5.96 Å². The van der Waals surface area contributed by atoms with Crippen LogP contribution < -0.4 is 15.4 Å². The topological polar surface area (TPSA) is 58.1 Å². The number of methoxy groups -OCH3 is 1. The van der Waals surface area contributed by atoms with E-state index in [2.05, 4.69) is 35.4 Å². The molecule has 0 aromatic heterocycles. The van der Waals surface area contributed by atoms with Gasteiger partial charge in [-0.3, -0.25) is 0 Å². The van der Waals surface area contributed by atoms with Gasteiger partial charge in [-0.25, -0.2) is 4.99 Å². The molecule has 2 N–H and O–H groups in total. The predicted octanol–water partition coefficient (Wildman–Crippen LogP) is 2.89. The van der Waals surface area contributed by atoms with E-state index < -0.39 is 0 Å². The van der Waals surface area contributed by atoms with Crippen LogP contribution in [-0.4, -0.2) is 63.9 Å². The van der Waals surface area contributed by atoms with Crippen LogP contribution in [0.15, 0.2) is 29.3 Å². The zero-order chi connectivity index (χ0) is 20.0. The van der Waals surface area contributed by atoms with Gasteiger partial charge in [-0.05, 0) is 69.4 Å². The van der Waals surface area contributed by atoms with E-state index >= 15 is 0 Å². The Labute approximate surface area is 170 Å². The molecular weight excluding hydrogens is 352 g/mol. The molecule has 6 nitrogen and oxygen atoms in total. The molecular formula is C22H38N4O2. The van der Waals surface area contributed by atoms with Gasteiger partial charge in [-0.15, -0.1) is 0 Å². The Morgan fingerprint density at radius 3 is 2.79 bits per heavy atom. The second kappa shape index (κ2) is 13.4. The van der Waals surface area contributed by atoms with Crippen molar-refractivity contribution in [1.82, 2.24) is 15.5 Å². The fourth-order valence-electron chi connectivity index (χ4n) is 3.28. The van der Waals surface area contributed by atoms with E-state index in [9.17, 15) is 0 Å². The highest BCUT2D eigenvalue weighted by molar-refractivity contribution is 5.79. The Hall–Kier alpha value is -1.79. The molecule has 0 aliphatic carbocycles. The van der Waals surface area contributed by atoms with Crippen molar-refractivity contribution in [3.05, 3.63) is 29.8 Å². The summed E-state index contributed by atoms with van der Waals surface area (Å²) in [5, 5.41) is 6.79. The molecule has 6 heteroatoms. The van der Waals surface area contributed by atoms with Gasteiger partial charge in [0.25, 0.3) is 0 Å². The number of rotatable bonds is 11. The van der Waals surface area contributed by atoms with Gasteiger partial charge in [-0.2, -0.15) is 0 Å². The van der Waals surface area contributed by atoms with Crippen molar-refractivity contribution in [1.29, 1.82) is 0 Å². The van der Waals surface area contributed by atoms with Crippen molar-refractivity contribution < 1.29 is 9.47 Å². The van der Waals surface area contributed by atoms with Gasteiger partial charge in [0.2, 0.25) is 0 Å². The molecule has 1 heterocycles. The zero-order valence-corrected chi connectivity index (χ0v) is 17.9. The van der Waals surface area contributed by atoms with E-state index in [0.717, 1.165) is 42.7 Å². The molecule has 28 heavy (non-hydrogen) atoms. The summed E-state index contributed by atoms with van der Waals surface area (Å²) in [5.74, 6) is 2.63. The molecule has 158 valence electrons. The summed E-state index contributed by atoms with van der Waals surface area (Å²) >= 11 is 0. The zero-order valence-electron chi connectivity index (χ0n) is 17.9. The summed E-state index contributed by atoms with van der Waals surface area (Å²) in [6.45, 7) is 11.7. The third-order valence-electron chi connectivity index (χ3n) is 5.04. The minimum Gasteiger partial charge on any atom is -0.491 e. The van der Waals surface area contributed by atoms with E-state index in [1.165, 1.54) is 32.5 Å². The van der Waals surface area contributed by atoms with E-state index in [1.807, 2.05) is 18.2 Å². The second-order valence-electron chi connectivity index (χ2n) is 7.49. The predicted molar refractivity (Wildman–Crippen MR) is 116 cm³/mol. The van der Waals surface area contributed by atoms with Crippen molar-refractivity contribution in [2.45, 2.75) is 39.7 Å². The number of hydrogen-bond donors (Lipinski definition) is 2. The quantitative estimate of drug-likeness (QED) is 0.346. The van der Waals surface area contributed by atoms with Crippen LogP contribution in [0.2, 0.25) is 0 Å². The maximum absolute atomic E-state index is 5.68. The van der Waals surface area contributed by atoms with Crippen molar-refractivity contribution in [3.63, 3.8) is 0 Å². The summed E-state index contributed by atoms with van der Waals surface area (Å²) in [6.07, 6.45) is 3.82. The highest BCUT2D eigenvalue weighted by atomic mass is 16.5. The maximum atomic E-state index is 5.68. The van der Waals surface area contributed by atoms with Crippen LogP contribution in [0.4, 0.5) is 0 Å². The molecule has 0 amide bonds. The first-order chi connectivity index (χ1) is 13.7. The van der Waals surface area contributed by atoms with E-state index in [1.54, 1.807) is 7.11 Å². The molecule has 1 aliphatic heterocycles. The number of nitrogens with one attached hydrogen (secondary N) is 2. The Balaban J connectivity index is 1.74. The summed E-state index contributed by atoms with van der Waals surface area (Å²) in [5.41, 5.74) is 1.13. The number of ether oxygens (including phenoxy) is 2. The van der Waals surface area contributed by atoms with Crippen LogP contribution in [0.25, 0.3) is 0 Å². The molecule has 0 unspecified atom stereocenters. The third-order valence-corrected chi connectivity index (χ3v) is 5.04. The molecule has 1 aromatic rings. The highest BCUT2D eigenvalue weighted by Crippen LogP contribution is 2.16. The first-order valence-electron chi connectivity index (χ1n) is 10.7. The average Bonchev–Trinajstić information content (AvgIpc) is 2.71. The van der Waals surface area contributed by atoms with E-state index in [4.69, 9.17) is 14.5 Å². The number of benzene rings is 1. The van der Waals surface area contributed by atoms with Crippen LogP contribution in [0.3, 0.4) is 0 Å². The van der Waals surface area contributed by atoms with Gasteiger partial charge in [-0.1, -0.05) is 19.1 Å². The normalized spacial score (nSPS) is 16.2. The molecule has 1 fully saturated rings. The Morgan fingerprint density at radius 2 is 2.04 bits per heavy atom. The molecule has 0 radical (unpaired) electrons. The first-order valence-corrected chi connectivity index (χ1v) is 10.7. The van der Waals surface area contributed by atoms with Crippen molar-refractivity contribution in [3.8, 4) is 5.75 Å². The second-order valence-corrected chi connectivity index (χ2v) is 7.49. The van der Waals surface area contributed by atoms with Crippen LogP contribution >= 0.6 is 0 Å². The third kappa shape index (κ3) is 8.93. The number of hydrogen-bond acceptors (Lipinski definition) is 4. The smallest absolute Gasteiger partial charge is 0.191 e. The molecule has 1 aliphatic rings. The van der Waals surface area contributed by atoms with Crippen LogP contribution in [0, 0.1) is 5.92 Å². The molecule has 0 spiro atoms. The van der Waals surface area contributed by atoms with Gasteiger partial charge in [0.1, 0.15) is 12.4 Å². The van der Waals surface area contributed by atoms with Crippen molar-refractivity contribution in [2.24, 2.45) is 10.9 Å². The largest absolute Gasteiger partial charge is 0.491 e. The molecule has 0 bridgehead atoms. The van der Waals surface area contributed by atoms with Gasteiger partial charge in [0, 0.05) is 20.2 Å². The Morgan fingerprint density at radius 1 is 1.21 bits per heavy atom. The molecule has 1 aromatic carbocycles. The fraction of sp³-hybridized carbons (Fsp3) is 0.682. The minimum atomic E-state index is 0.559. The lowest BCUT2D eigenvalue weighted by Gasteiger charge is -2.30.